The number of carbonyl (C=O) groups is 1. The van der Waals surface area contributed by atoms with E-state index < -0.39 is 12.2 Å². The third kappa shape index (κ3) is 3.81. The molecule has 1 aliphatic carbocycles. The van der Waals surface area contributed by atoms with Crippen molar-refractivity contribution in [3.8, 4) is 0 Å². The highest BCUT2D eigenvalue weighted by Crippen LogP contribution is 2.19. The van der Waals surface area contributed by atoms with E-state index in [0.717, 1.165) is 11.1 Å². The summed E-state index contributed by atoms with van der Waals surface area (Å²) < 4.78 is 0. The molecule has 0 aliphatic heterocycles. The molecule has 3 atom stereocenters. The van der Waals surface area contributed by atoms with Crippen molar-refractivity contribution in [2.75, 3.05) is 0 Å². The van der Waals surface area contributed by atoms with E-state index in [2.05, 4.69) is 5.32 Å². The Kier molecular flexibility index (Phi) is 4.78. The molecule has 4 heteroatoms. The van der Waals surface area contributed by atoms with Crippen molar-refractivity contribution < 1.29 is 15.0 Å². The first-order valence-electron chi connectivity index (χ1n) is 7.21. The van der Waals surface area contributed by atoms with Gasteiger partial charge in [0.15, 0.2) is 0 Å². The number of hydrogen-bond donors (Lipinski definition) is 3. The van der Waals surface area contributed by atoms with Gasteiger partial charge in [0.2, 0.25) is 0 Å². The molecule has 0 saturated heterocycles. The van der Waals surface area contributed by atoms with Crippen molar-refractivity contribution in [1.29, 1.82) is 0 Å². The Morgan fingerprint density at radius 3 is 2.00 bits per heavy atom. The lowest BCUT2D eigenvalue weighted by atomic mass is 10.0. The second kappa shape index (κ2) is 6.37. The van der Waals surface area contributed by atoms with Crippen molar-refractivity contribution in [1.82, 2.24) is 5.32 Å². The van der Waals surface area contributed by atoms with Gasteiger partial charge in [-0.25, -0.2) is 0 Å². The average molecular weight is 277 g/mol. The average Bonchev–Trinajstić information content (AvgIpc) is 2.53. The van der Waals surface area contributed by atoms with Crippen LogP contribution >= 0.6 is 0 Å². The highest BCUT2D eigenvalue weighted by molar-refractivity contribution is 5.94. The van der Waals surface area contributed by atoms with Crippen molar-refractivity contribution in [2.45, 2.75) is 57.8 Å². The van der Waals surface area contributed by atoms with Crippen molar-refractivity contribution >= 4 is 5.91 Å². The molecule has 1 aliphatic rings. The van der Waals surface area contributed by atoms with Gasteiger partial charge in [0, 0.05) is 11.6 Å². The second-order valence-corrected chi connectivity index (χ2v) is 5.84. The van der Waals surface area contributed by atoms with E-state index in [1.165, 1.54) is 0 Å². The number of aliphatic hydroxyl groups excluding tert-OH is 2. The normalized spacial score (nSPS) is 26.9. The third-order valence-corrected chi connectivity index (χ3v) is 3.89. The van der Waals surface area contributed by atoms with Gasteiger partial charge in [-0.05, 0) is 51.7 Å². The van der Waals surface area contributed by atoms with Crippen LogP contribution in [0.1, 0.15) is 47.2 Å². The highest BCUT2D eigenvalue weighted by Gasteiger charge is 2.25. The standard InChI is InChI=1S/C16H23NO3/c1-10-7-11(2)9-12(8-10)16(20)17-13-3-5-14(18)15(19)6-4-13/h7-9,13-15,18-19H,3-6H2,1-2H3,(H,17,20)/t13?,14-,15+. The summed E-state index contributed by atoms with van der Waals surface area (Å²) in [5.74, 6) is -0.0762. The maximum absolute atomic E-state index is 12.3. The number of benzene rings is 1. The summed E-state index contributed by atoms with van der Waals surface area (Å²) >= 11 is 0. The van der Waals surface area contributed by atoms with Gasteiger partial charge in [0.25, 0.3) is 5.91 Å². The lowest BCUT2D eigenvalue weighted by molar-refractivity contribution is 0.0157. The summed E-state index contributed by atoms with van der Waals surface area (Å²) in [7, 11) is 0. The second-order valence-electron chi connectivity index (χ2n) is 5.84. The molecule has 1 aromatic carbocycles. The zero-order valence-corrected chi connectivity index (χ0v) is 12.1. The summed E-state index contributed by atoms with van der Waals surface area (Å²) in [6.45, 7) is 3.95. The fourth-order valence-corrected chi connectivity index (χ4v) is 2.79. The van der Waals surface area contributed by atoms with Crippen LogP contribution in [0.4, 0.5) is 0 Å². The Labute approximate surface area is 119 Å². The molecule has 0 heterocycles. The largest absolute Gasteiger partial charge is 0.390 e. The number of nitrogens with one attached hydrogen (secondary N) is 1. The van der Waals surface area contributed by atoms with E-state index in [1.54, 1.807) is 0 Å². The Bertz CT molecular complexity index is 454. The smallest absolute Gasteiger partial charge is 0.251 e. The predicted molar refractivity (Wildman–Crippen MR) is 77.7 cm³/mol. The van der Waals surface area contributed by atoms with E-state index in [-0.39, 0.29) is 11.9 Å². The maximum atomic E-state index is 12.3. The van der Waals surface area contributed by atoms with Gasteiger partial charge >= 0.3 is 0 Å². The zero-order chi connectivity index (χ0) is 14.7. The van der Waals surface area contributed by atoms with E-state index in [9.17, 15) is 15.0 Å². The first-order valence-corrected chi connectivity index (χ1v) is 7.21. The maximum Gasteiger partial charge on any atom is 0.251 e. The SMILES string of the molecule is Cc1cc(C)cc(C(=O)NC2CC[C@@H](O)[C@@H](O)CC2)c1. The quantitative estimate of drug-likeness (QED) is 0.721. The number of aryl methyl sites for hydroxylation is 2. The molecule has 1 fully saturated rings. The zero-order valence-electron chi connectivity index (χ0n) is 12.1. The van der Waals surface area contributed by atoms with E-state index in [0.29, 0.717) is 31.2 Å². The van der Waals surface area contributed by atoms with Crippen LogP contribution in [0.3, 0.4) is 0 Å². The van der Waals surface area contributed by atoms with Crippen LogP contribution in [0.2, 0.25) is 0 Å². The molecule has 0 bridgehead atoms. The minimum absolute atomic E-state index is 0.0233. The van der Waals surface area contributed by atoms with Gasteiger partial charge in [-0.3, -0.25) is 4.79 Å². The molecule has 3 N–H and O–H groups in total. The van der Waals surface area contributed by atoms with Crippen molar-refractivity contribution in [3.05, 3.63) is 34.9 Å². The Morgan fingerprint density at radius 2 is 1.50 bits per heavy atom. The first-order chi connectivity index (χ1) is 9.45. The van der Waals surface area contributed by atoms with E-state index >= 15 is 0 Å². The van der Waals surface area contributed by atoms with Crippen LogP contribution in [0.25, 0.3) is 0 Å². The van der Waals surface area contributed by atoms with Crippen LogP contribution in [0, 0.1) is 13.8 Å². The number of hydrogen-bond acceptors (Lipinski definition) is 3. The lowest BCUT2D eigenvalue weighted by Gasteiger charge is -2.16. The minimum atomic E-state index is -0.668. The van der Waals surface area contributed by atoms with Gasteiger partial charge in [-0.2, -0.15) is 0 Å². The summed E-state index contributed by atoms with van der Waals surface area (Å²) in [4.78, 5) is 12.3. The molecular weight excluding hydrogens is 254 g/mol. The monoisotopic (exact) mass is 277 g/mol. The third-order valence-electron chi connectivity index (χ3n) is 3.89. The Balaban J connectivity index is 2.00. The summed E-state index contributed by atoms with van der Waals surface area (Å²) in [5, 5.41) is 22.3. The summed E-state index contributed by atoms with van der Waals surface area (Å²) in [5.41, 5.74) is 2.82. The van der Waals surface area contributed by atoms with Crippen molar-refractivity contribution in [3.63, 3.8) is 0 Å². The molecule has 4 nitrogen and oxygen atoms in total. The lowest BCUT2D eigenvalue weighted by Crippen LogP contribution is -2.34. The van der Waals surface area contributed by atoms with E-state index in [4.69, 9.17) is 0 Å². The fourth-order valence-electron chi connectivity index (χ4n) is 2.79. The van der Waals surface area contributed by atoms with Gasteiger partial charge < -0.3 is 15.5 Å². The van der Waals surface area contributed by atoms with Crippen LogP contribution < -0.4 is 5.32 Å². The number of aliphatic hydroxyl groups is 2. The van der Waals surface area contributed by atoms with Crippen LogP contribution in [0.15, 0.2) is 18.2 Å². The van der Waals surface area contributed by atoms with Gasteiger partial charge in [-0.15, -0.1) is 0 Å². The molecule has 1 unspecified atom stereocenters. The molecule has 2 rings (SSSR count). The molecule has 0 aromatic heterocycles. The number of rotatable bonds is 2. The molecule has 20 heavy (non-hydrogen) atoms. The van der Waals surface area contributed by atoms with Crippen molar-refractivity contribution in [2.24, 2.45) is 0 Å². The molecule has 0 spiro atoms. The topological polar surface area (TPSA) is 69.6 Å². The molecule has 0 radical (unpaired) electrons. The van der Waals surface area contributed by atoms with E-state index in [1.807, 2.05) is 32.0 Å². The van der Waals surface area contributed by atoms with Gasteiger partial charge in [0.1, 0.15) is 0 Å². The Morgan fingerprint density at radius 1 is 1.00 bits per heavy atom. The van der Waals surface area contributed by atoms with Crippen LogP contribution in [-0.4, -0.2) is 34.4 Å². The van der Waals surface area contributed by atoms with Crippen LogP contribution in [0.5, 0.6) is 0 Å². The molecular formula is C16H23NO3. The highest BCUT2D eigenvalue weighted by atomic mass is 16.3. The predicted octanol–water partition coefficient (Wildman–Crippen LogP) is 1.70. The minimum Gasteiger partial charge on any atom is -0.390 e. The molecule has 1 amide bonds. The summed E-state index contributed by atoms with van der Waals surface area (Å²) in [6.07, 6.45) is 1.12. The number of carbonyl (C=O) groups excluding carboxylic acids is 1. The van der Waals surface area contributed by atoms with Gasteiger partial charge in [0.05, 0.1) is 12.2 Å². The van der Waals surface area contributed by atoms with Gasteiger partial charge in [-0.1, -0.05) is 17.2 Å². The Hall–Kier alpha value is -1.39. The first kappa shape index (κ1) is 15.0. The fraction of sp³-hybridized carbons (Fsp3) is 0.562. The molecule has 110 valence electrons. The molecule has 1 aromatic rings. The van der Waals surface area contributed by atoms with Crippen LogP contribution in [-0.2, 0) is 0 Å². The molecule has 1 saturated carbocycles. The number of amides is 1. The summed E-state index contributed by atoms with van der Waals surface area (Å²) in [6, 6.07) is 5.82.